The first-order valence-corrected chi connectivity index (χ1v) is 46.9. The molecule has 39 nitrogen and oxygen atoms in total. The SMILES string of the molecule is C/C=C(\CCOCCOCCOC)C(=O)OC(C=O)(CC)CC(=O)OCOC(=O)C(C)CSC.C/C=C(\CCOCCOCCOC)C(=O)OC(C=O)(CC)CC(=O)OCOC(=O)C(CCC)CSC.C/C=C(\CCOCCOCCOCCOCCOCCOCCOCCOC)C(=O)OC(C=O)(CC(=O)CSC)CC(CCC)C(=O)OCOC(=O)COC(=O)COC. The van der Waals surface area contributed by atoms with Crippen LogP contribution in [0.15, 0.2) is 34.9 Å². The molecule has 0 spiro atoms. The normalized spacial score (nSPS) is 13.6. The Bertz CT molecular complexity index is 3120. The third kappa shape index (κ3) is 67.8. The summed E-state index contributed by atoms with van der Waals surface area (Å²) >= 11 is 4.26. The maximum Gasteiger partial charge on any atom is 0.347 e. The van der Waals surface area contributed by atoms with Crippen molar-refractivity contribution in [3.63, 3.8) is 0 Å². The van der Waals surface area contributed by atoms with Crippen molar-refractivity contribution < 1.29 is 186 Å². The second-order valence-electron chi connectivity index (χ2n) is 27.7. The minimum Gasteiger partial charge on any atom is -0.452 e. The molecule has 0 aromatic carbocycles. The zero-order valence-corrected chi connectivity index (χ0v) is 80.8. The van der Waals surface area contributed by atoms with Crippen molar-refractivity contribution in [1.29, 1.82) is 0 Å². The van der Waals surface area contributed by atoms with E-state index in [0.29, 0.717) is 193 Å². The minimum absolute atomic E-state index is 0.0509. The van der Waals surface area contributed by atoms with Gasteiger partial charge < -0.3 is 118 Å². The van der Waals surface area contributed by atoms with Gasteiger partial charge in [-0.1, -0.05) is 65.7 Å². The molecule has 0 fully saturated rings. The van der Waals surface area contributed by atoms with Crippen LogP contribution in [0.1, 0.15) is 139 Å². The number of carbonyl (C=O) groups is 14. The molecule has 0 bridgehead atoms. The smallest absolute Gasteiger partial charge is 0.347 e. The van der Waals surface area contributed by atoms with E-state index in [1.54, 1.807) is 88.2 Å². The van der Waals surface area contributed by atoms with Gasteiger partial charge in [-0.25, -0.2) is 24.0 Å². The quantitative estimate of drug-likeness (QED) is 0.0143. The first kappa shape index (κ1) is 126. The van der Waals surface area contributed by atoms with Crippen molar-refractivity contribution in [2.24, 2.45) is 17.8 Å². The average Bonchev–Trinajstić information content (AvgIpc) is 0.804. The van der Waals surface area contributed by atoms with Gasteiger partial charge in [0.15, 0.2) is 42.3 Å². The van der Waals surface area contributed by atoms with Gasteiger partial charge in [0.2, 0.25) is 20.4 Å². The number of hydrogen-bond acceptors (Lipinski definition) is 42. The number of rotatable bonds is 84. The molecule has 129 heavy (non-hydrogen) atoms. The number of ether oxygens (including phenoxy) is 25. The second kappa shape index (κ2) is 86.5. The Morgan fingerprint density at radius 3 is 0.930 bits per heavy atom. The van der Waals surface area contributed by atoms with E-state index in [2.05, 4.69) is 9.47 Å². The summed E-state index contributed by atoms with van der Waals surface area (Å²) in [5.74, 6) is -8.21. The van der Waals surface area contributed by atoms with Gasteiger partial charge >= 0.3 is 59.7 Å². The lowest BCUT2D eigenvalue weighted by molar-refractivity contribution is -0.179. The van der Waals surface area contributed by atoms with Crippen LogP contribution < -0.4 is 0 Å². The van der Waals surface area contributed by atoms with Gasteiger partial charge in [0, 0.05) is 82.3 Å². The van der Waals surface area contributed by atoms with Gasteiger partial charge in [-0.3, -0.25) is 43.2 Å². The molecule has 6 unspecified atom stereocenters. The summed E-state index contributed by atoms with van der Waals surface area (Å²) in [6, 6.07) is 0. The van der Waals surface area contributed by atoms with Crippen molar-refractivity contribution >= 4 is 120 Å². The number of hydrogen-bond donors (Lipinski definition) is 0. The number of allylic oxidation sites excluding steroid dienone is 3. The predicted molar refractivity (Wildman–Crippen MR) is 474 cm³/mol. The minimum atomic E-state index is -1.98. The van der Waals surface area contributed by atoms with Crippen LogP contribution in [-0.4, -0.2) is 364 Å². The fraction of sp³-hybridized carbons (Fsp3) is 0.770. The summed E-state index contributed by atoms with van der Waals surface area (Å²) in [4.78, 5) is 172. The van der Waals surface area contributed by atoms with Crippen LogP contribution in [0.5, 0.6) is 0 Å². The Morgan fingerprint density at radius 1 is 0.326 bits per heavy atom. The number of thioether (sulfide) groups is 3. The van der Waals surface area contributed by atoms with E-state index < -0.39 is 129 Å². The Hall–Kier alpha value is -6.95. The highest BCUT2D eigenvalue weighted by Crippen LogP contribution is 2.31. The molecular weight excluding hydrogens is 1770 g/mol. The lowest BCUT2D eigenvalue weighted by Crippen LogP contribution is -2.43. The number of carbonyl (C=O) groups excluding carboxylic acids is 14. The Labute approximate surface area is 773 Å². The van der Waals surface area contributed by atoms with Crippen LogP contribution in [0.25, 0.3) is 0 Å². The van der Waals surface area contributed by atoms with E-state index in [-0.39, 0.29) is 107 Å². The molecule has 0 rings (SSSR count). The summed E-state index contributed by atoms with van der Waals surface area (Å²) in [6.07, 6.45) is 12.5. The summed E-state index contributed by atoms with van der Waals surface area (Å²) in [5.41, 5.74) is -4.52. The first-order chi connectivity index (χ1) is 62.2. The summed E-state index contributed by atoms with van der Waals surface area (Å²) in [7, 11) is 6.08. The molecule has 42 heteroatoms. The maximum absolute atomic E-state index is 13.3. The van der Waals surface area contributed by atoms with E-state index >= 15 is 0 Å². The van der Waals surface area contributed by atoms with Crippen molar-refractivity contribution in [1.82, 2.24) is 0 Å². The monoisotopic (exact) mass is 1910 g/mol. The fourth-order valence-corrected chi connectivity index (χ4v) is 12.2. The number of aldehydes is 3. The molecule has 0 aliphatic carbocycles. The molecule has 0 aliphatic heterocycles. The number of Topliss-reactive ketones (excluding diaryl/α,β-unsaturated/α-hetero) is 1. The summed E-state index contributed by atoms with van der Waals surface area (Å²) < 4.78 is 130. The van der Waals surface area contributed by atoms with Gasteiger partial charge in [-0.2, -0.15) is 35.3 Å². The van der Waals surface area contributed by atoms with Crippen molar-refractivity contribution in [2.75, 3.05) is 263 Å². The standard InChI is InChI=1S/C39H66O19S.C25H42O10S.C23H38O10S/c1-6-8-33(37(44)57-31-56-36(43)28-55-35(42)27-47-4)25-39(30-40,26-34(41)29-59-5)58-38(45)32(7-2)9-10-48-13-14-50-17-18-52-21-22-54-24-23-53-20-19-51-16-15-49-12-11-46-3;1-6-9-21(17-36-5)23(28)34-19-33-22(27)16-25(8-3,18-26)35-24(29)20(7-2)10-11-31-14-15-32-13-12-30-4;1-6-19(8-9-29-12-13-30-11-10-28-4)22(27)33-23(7-2,16-24)14-20(25)31-17-32-21(26)18(3)15-34-5/h7,30,33H,6,8-29,31H2,1-5H3;7,18,21H,6,8-17,19H2,1-5H3;6,16,18H,7-15,17H2,1-5H3/b32-7+;20-7+;19-6+. The van der Waals surface area contributed by atoms with E-state index in [9.17, 15) is 67.1 Å². The number of methoxy groups -OCH3 is 4. The van der Waals surface area contributed by atoms with Gasteiger partial charge in [-0.05, 0) is 65.2 Å². The number of ketones is 1. The molecule has 0 N–H and O–H groups in total. The highest BCUT2D eigenvalue weighted by molar-refractivity contribution is 7.99. The Balaban J connectivity index is -0.00000196. The second-order valence-corrected chi connectivity index (χ2v) is 30.4. The molecule has 0 aromatic heterocycles. The fourth-order valence-electron chi connectivity index (χ4n) is 10.4. The molecular formula is C87H146O39S3. The predicted octanol–water partition coefficient (Wildman–Crippen LogP) is 7.36. The zero-order chi connectivity index (χ0) is 96.9. The number of esters is 10. The van der Waals surface area contributed by atoms with Crippen LogP contribution in [0.4, 0.5) is 0 Å². The average molecular weight is 1910 g/mol. The molecule has 0 radical (unpaired) electrons. The maximum atomic E-state index is 13.3. The van der Waals surface area contributed by atoms with Crippen LogP contribution in [0, 0.1) is 17.8 Å². The Kier molecular flexibility index (Phi) is 84.6. The Morgan fingerprint density at radius 2 is 0.628 bits per heavy atom. The third-order valence-corrected chi connectivity index (χ3v) is 19.8. The lowest BCUT2D eigenvalue weighted by Gasteiger charge is -2.31. The highest BCUT2D eigenvalue weighted by atomic mass is 32.2. The van der Waals surface area contributed by atoms with Crippen molar-refractivity contribution in [2.45, 2.75) is 156 Å². The highest BCUT2D eigenvalue weighted by Gasteiger charge is 2.43. The van der Waals surface area contributed by atoms with Crippen molar-refractivity contribution in [3.8, 4) is 0 Å². The largest absolute Gasteiger partial charge is 0.452 e. The van der Waals surface area contributed by atoms with Crippen LogP contribution in [0.2, 0.25) is 0 Å². The van der Waals surface area contributed by atoms with E-state index in [4.69, 9.17) is 109 Å². The molecule has 6 atom stereocenters. The summed E-state index contributed by atoms with van der Waals surface area (Å²) in [6.45, 7) is 20.8. The molecule has 0 saturated carbocycles. The molecule has 0 amide bonds. The van der Waals surface area contributed by atoms with Gasteiger partial charge in [-0.15, -0.1) is 0 Å². The summed E-state index contributed by atoms with van der Waals surface area (Å²) in [5, 5.41) is 0. The van der Waals surface area contributed by atoms with Gasteiger partial charge in [0.05, 0.1) is 208 Å². The van der Waals surface area contributed by atoms with E-state index in [0.717, 1.165) is 6.42 Å². The molecule has 0 aromatic rings. The molecule has 0 aliphatic rings. The van der Waals surface area contributed by atoms with Crippen LogP contribution >= 0.6 is 35.3 Å². The molecule has 0 saturated heterocycles. The first-order valence-electron chi connectivity index (χ1n) is 42.7. The van der Waals surface area contributed by atoms with Crippen LogP contribution in [-0.2, 0) is 186 Å². The third-order valence-electron chi connectivity index (χ3n) is 17.7. The van der Waals surface area contributed by atoms with Crippen molar-refractivity contribution in [3.05, 3.63) is 34.9 Å². The lowest BCUT2D eigenvalue weighted by atomic mass is 9.85. The molecule has 0 heterocycles. The van der Waals surface area contributed by atoms with Gasteiger partial charge in [0.1, 0.15) is 12.4 Å². The van der Waals surface area contributed by atoms with E-state index in [1.165, 1.54) is 48.5 Å². The topological polar surface area (TPSA) is 470 Å². The molecule has 746 valence electrons. The van der Waals surface area contributed by atoms with Crippen LogP contribution in [0.3, 0.4) is 0 Å². The zero-order valence-electron chi connectivity index (χ0n) is 78.4. The van der Waals surface area contributed by atoms with E-state index in [1.807, 2.05) is 19.4 Å². The van der Waals surface area contributed by atoms with Gasteiger partial charge in [0.25, 0.3) is 0 Å².